The Bertz CT molecular complexity index is 808. The van der Waals surface area contributed by atoms with Crippen molar-refractivity contribution in [3.63, 3.8) is 0 Å². The summed E-state index contributed by atoms with van der Waals surface area (Å²) in [4.78, 5) is 12.0. The van der Waals surface area contributed by atoms with Crippen molar-refractivity contribution in [1.29, 1.82) is 0 Å². The van der Waals surface area contributed by atoms with Crippen molar-refractivity contribution in [2.75, 3.05) is 46.1 Å². The zero-order valence-electron chi connectivity index (χ0n) is 17.0. The summed E-state index contributed by atoms with van der Waals surface area (Å²) < 4.78 is 10.9. The average molecular weight is 395 g/mol. The average Bonchev–Trinajstić information content (AvgIpc) is 3.23. The van der Waals surface area contributed by atoms with Crippen molar-refractivity contribution in [2.24, 2.45) is 0 Å². The van der Waals surface area contributed by atoms with Gasteiger partial charge >= 0.3 is 0 Å². The van der Waals surface area contributed by atoms with Crippen LogP contribution in [0, 0.1) is 0 Å². The molecular formula is C23H30N4O2. The Morgan fingerprint density at radius 2 is 1.62 bits per heavy atom. The van der Waals surface area contributed by atoms with Crippen molar-refractivity contribution < 1.29 is 9.47 Å². The molecule has 0 radical (unpaired) electrons. The van der Waals surface area contributed by atoms with E-state index >= 15 is 0 Å². The number of ether oxygens (including phenoxy) is 2. The fourth-order valence-corrected chi connectivity index (χ4v) is 4.80. The standard InChI is InChI=1S/C23H30N4O2/c1-2-21(17-26(9-1)15-19-5-7-24-8-6-19)27-12-10-25(11-13-27)16-20-3-4-22-23(14-20)29-18-28-22/h3-8,14,21H,1-2,9-13,15-18H2. The Kier molecular flexibility index (Phi) is 5.65. The van der Waals surface area contributed by atoms with Gasteiger partial charge in [-0.15, -0.1) is 0 Å². The number of nitrogens with zero attached hydrogens (tertiary/aromatic N) is 4. The molecule has 4 heterocycles. The van der Waals surface area contributed by atoms with Crippen LogP contribution in [0.15, 0.2) is 42.7 Å². The van der Waals surface area contributed by atoms with Crippen LogP contribution in [0.3, 0.4) is 0 Å². The van der Waals surface area contributed by atoms with Gasteiger partial charge in [-0.1, -0.05) is 6.07 Å². The first-order valence-electron chi connectivity index (χ1n) is 10.8. The van der Waals surface area contributed by atoms with Gasteiger partial charge in [0.15, 0.2) is 11.5 Å². The van der Waals surface area contributed by atoms with Gasteiger partial charge in [0.05, 0.1) is 0 Å². The third kappa shape index (κ3) is 4.55. The number of likely N-dealkylation sites (tertiary alicyclic amines) is 1. The van der Waals surface area contributed by atoms with Crippen molar-refractivity contribution in [3.05, 3.63) is 53.9 Å². The van der Waals surface area contributed by atoms with Gasteiger partial charge in [-0.2, -0.15) is 0 Å². The van der Waals surface area contributed by atoms with Crippen LogP contribution in [0.4, 0.5) is 0 Å². The second-order valence-electron chi connectivity index (χ2n) is 8.39. The highest BCUT2D eigenvalue weighted by Gasteiger charge is 2.28. The highest BCUT2D eigenvalue weighted by atomic mass is 16.7. The van der Waals surface area contributed by atoms with E-state index in [0.717, 1.165) is 50.8 Å². The molecule has 29 heavy (non-hydrogen) atoms. The lowest BCUT2D eigenvalue weighted by atomic mass is 10.0. The van der Waals surface area contributed by atoms with Crippen molar-refractivity contribution in [2.45, 2.75) is 32.0 Å². The van der Waals surface area contributed by atoms with Gasteiger partial charge in [-0.3, -0.25) is 19.7 Å². The van der Waals surface area contributed by atoms with E-state index < -0.39 is 0 Å². The number of rotatable bonds is 5. The fraction of sp³-hybridized carbons (Fsp3) is 0.522. The smallest absolute Gasteiger partial charge is 0.231 e. The molecule has 1 unspecified atom stereocenters. The van der Waals surface area contributed by atoms with Crippen LogP contribution < -0.4 is 9.47 Å². The van der Waals surface area contributed by atoms with Crippen LogP contribution in [-0.2, 0) is 13.1 Å². The van der Waals surface area contributed by atoms with Crippen molar-refractivity contribution in [1.82, 2.24) is 19.7 Å². The minimum Gasteiger partial charge on any atom is -0.454 e. The van der Waals surface area contributed by atoms with E-state index in [1.165, 1.54) is 37.1 Å². The zero-order valence-corrected chi connectivity index (χ0v) is 17.0. The Morgan fingerprint density at radius 1 is 0.828 bits per heavy atom. The molecule has 0 spiro atoms. The number of piperazine rings is 1. The summed E-state index contributed by atoms with van der Waals surface area (Å²) in [6.07, 6.45) is 6.43. The second-order valence-corrected chi connectivity index (χ2v) is 8.39. The lowest BCUT2D eigenvalue weighted by Gasteiger charge is -2.43. The first kappa shape index (κ1) is 18.9. The summed E-state index contributed by atoms with van der Waals surface area (Å²) >= 11 is 0. The number of benzene rings is 1. The van der Waals surface area contributed by atoms with Crippen LogP contribution in [0.1, 0.15) is 24.0 Å². The van der Waals surface area contributed by atoms with E-state index in [2.05, 4.69) is 43.9 Å². The van der Waals surface area contributed by atoms with E-state index in [0.29, 0.717) is 12.8 Å². The van der Waals surface area contributed by atoms with Gasteiger partial charge in [0, 0.05) is 64.2 Å². The molecule has 2 saturated heterocycles. The Balaban J connectivity index is 1.11. The molecule has 6 nitrogen and oxygen atoms in total. The van der Waals surface area contributed by atoms with Gasteiger partial charge in [-0.25, -0.2) is 0 Å². The van der Waals surface area contributed by atoms with Gasteiger partial charge in [0.25, 0.3) is 0 Å². The van der Waals surface area contributed by atoms with Crippen molar-refractivity contribution >= 4 is 0 Å². The molecular weight excluding hydrogens is 364 g/mol. The minimum absolute atomic E-state index is 0.344. The number of hydrogen-bond donors (Lipinski definition) is 0. The molecule has 0 N–H and O–H groups in total. The SMILES string of the molecule is c1cc(CN2CCCC(N3CCN(Cc4ccc5c(c4)OCO5)CC3)C2)ccn1. The molecule has 154 valence electrons. The second kappa shape index (κ2) is 8.69. The quantitative estimate of drug-likeness (QED) is 0.777. The summed E-state index contributed by atoms with van der Waals surface area (Å²) in [7, 11) is 0. The summed E-state index contributed by atoms with van der Waals surface area (Å²) in [6.45, 7) is 9.37. The molecule has 0 amide bonds. The third-order valence-corrected chi connectivity index (χ3v) is 6.40. The van der Waals surface area contributed by atoms with E-state index in [-0.39, 0.29) is 0 Å². The maximum absolute atomic E-state index is 5.52. The lowest BCUT2D eigenvalue weighted by molar-refractivity contribution is 0.0477. The molecule has 1 aromatic carbocycles. The highest BCUT2D eigenvalue weighted by Crippen LogP contribution is 2.33. The number of fused-ring (bicyclic) bond motifs is 1. The molecule has 6 heteroatoms. The molecule has 1 aromatic heterocycles. The zero-order chi connectivity index (χ0) is 19.5. The number of pyridine rings is 1. The number of hydrogen-bond acceptors (Lipinski definition) is 6. The van der Waals surface area contributed by atoms with Crippen LogP contribution in [-0.4, -0.2) is 71.8 Å². The van der Waals surface area contributed by atoms with Crippen LogP contribution in [0.2, 0.25) is 0 Å². The van der Waals surface area contributed by atoms with Crippen molar-refractivity contribution in [3.8, 4) is 11.5 Å². The Labute approximate surface area is 173 Å². The number of aromatic nitrogens is 1. The van der Waals surface area contributed by atoms with E-state index in [4.69, 9.17) is 9.47 Å². The van der Waals surface area contributed by atoms with E-state index in [9.17, 15) is 0 Å². The molecule has 2 fully saturated rings. The normalized spacial score (nSPS) is 23.4. The lowest BCUT2D eigenvalue weighted by Crippen LogP contribution is -2.54. The monoisotopic (exact) mass is 394 g/mol. The summed E-state index contributed by atoms with van der Waals surface area (Å²) in [6, 6.07) is 11.3. The number of piperidine rings is 1. The summed E-state index contributed by atoms with van der Waals surface area (Å²) in [5, 5.41) is 0. The Hall–Kier alpha value is -2.15. The predicted molar refractivity (Wildman–Crippen MR) is 112 cm³/mol. The highest BCUT2D eigenvalue weighted by molar-refractivity contribution is 5.44. The van der Waals surface area contributed by atoms with Crippen LogP contribution in [0.5, 0.6) is 11.5 Å². The summed E-state index contributed by atoms with van der Waals surface area (Å²) in [5.41, 5.74) is 2.68. The molecule has 5 rings (SSSR count). The first-order chi connectivity index (χ1) is 14.3. The van der Waals surface area contributed by atoms with Gasteiger partial charge < -0.3 is 9.47 Å². The minimum atomic E-state index is 0.344. The predicted octanol–water partition coefficient (Wildman–Crippen LogP) is 2.59. The fourth-order valence-electron chi connectivity index (χ4n) is 4.80. The maximum atomic E-state index is 5.52. The van der Waals surface area contributed by atoms with E-state index in [1.807, 2.05) is 18.5 Å². The molecule has 0 aliphatic carbocycles. The van der Waals surface area contributed by atoms with Gasteiger partial charge in [-0.05, 0) is 54.8 Å². The first-order valence-corrected chi connectivity index (χ1v) is 10.8. The molecule has 3 aliphatic heterocycles. The van der Waals surface area contributed by atoms with Crippen LogP contribution >= 0.6 is 0 Å². The van der Waals surface area contributed by atoms with Gasteiger partial charge in [0.2, 0.25) is 6.79 Å². The van der Waals surface area contributed by atoms with Gasteiger partial charge in [0.1, 0.15) is 0 Å². The molecule has 1 atom stereocenters. The van der Waals surface area contributed by atoms with E-state index in [1.54, 1.807) is 0 Å². The molecule has 3 aliphatic rings. The Morgan fingerprint density at radius 3 is 2.48 bits per heavy atom. The molecule has 0 saturated carbocycles. The largest absolute Gasteiger partial charge is 0.454 e. The van der Waals surface area contributed by atoms with Crippen LogP contribution in [0.25, 0.3) is 0 Å². The topological polar surface area (TPSA) is 41.1 Å². The summed E-state index contributed by atoms with van der Waals surface area (Å²) in [5.74, 6) is 1.75. The molecule has 2 aromatic rings. The molecule has 0 bridgehead atoms. The third-order valence-electron chi connectivity index (χ3n) is 6.40. The maximum Gasteiger partial charge on any atom is 0.231 e.